The summed E-state index contributed by atoms with van der Waals surface area (Å²) in [7, 11) is 4.14. The van der Waals surface area contributed by atoms with Gasteiger partial charge in [-0.2, -0.15) is 0 Å². The van der Waals surface area contributed by atoms with Crippen molar-refractivity contribution in [1.29, 1.82) is 0 Å². The number of nitrogens with zero attached hydrogens (tertiary/aromatic N) is 4. The molecule has 0 bridgehead atoms. The molecule has 3 aliphatic rings. The largest absolute Gasteiger partial charge is 0.381 e. The lowest BCUT2D eigenvalue weighted by atomic mass is 9.87. The zero-order chi connectivity index (χ0) is 17.9. The maximum Gasteiger partial charge on any atom is 0.193 e. The topological polar surface area (TPSA) is 43.3 Å². The quantitative estimate of drug-likeness (QED) is 0.377. The SMILES string of the molecule is CN=C(NCC(C(C)C)N1CCN(C)CC1)N1CCC2(CCOC2)C1.I. The van der Waals surface area contributed by atoms with Gasteiger partial charge in [0.2, 0.25) is 0 Å². The molecule has 0 aliphatic carbocycles. The van der Waals surface area contributed by atoms with Crippen LogP contribution in [0.3, 0.4) is 0 Å². The molecule has 2 atom stereocenters. The zero-order valence-electron chi connectivity index (χ0n) is 17.0. The Bertz CT molecular complexity index is 459. The third-order valence-corrected chi connectivity index (χ3v) is 6.38. The molecule has 152 valence electrons. The molecular formula is C19H38IN5O. The maximum atomic E-state index is 5.66. The van der Waals surface area contributed by atoms with E-state index in [1.165, 1.54) is 39.0 Å². The first-order chi connectivity index (χ1) is 12.0. The summed E-state index contributed by atoms with van der Waals surface area (Å²) < 4.78 is 5.66. The van der Waals surface area contributed by atoms with E-state index in [1.807, 2.05) is 7.05 Å². The molecule has 3 fully saturated rings. The van der Waals surface area contributed by atoms with Crippen LogP contribution in [0.2, 0.25) is 0 Å². The van der Waals surface area contributed by atoms with E-state index >= 15 is 0 Å². The Morgan fingerprint density at radius 2 is 1.88 bits per heavy atom. The highest BCUT2D eigenvalue weighted by Crippen LogP contribution is 2.38. The number of rotatable bonds is 4. The van der Waals surface area contributed by atoms with E-state index < -0.39 is 0 Å². The van der Waals surface area contributed by atoms with E-state index in [4.69, 9.17) is 4.74 Å². The summed E-state index contributed by atoms with van der Waals surface area (Å²) in [5, 5.41) is 3.69. The second kappa shape index (κ2) is 9.89. The van der Waals surface area contributed by atoms with Crippen LogP contribution in [-0.2, 0) is 4.74 Å². The van der Waals surface area contributed by atoms with Crippen molar-refractivity contribution in [3.63, 3.8) is 0 Å². The number of nitrogens with one attached hydrogen (secondary N) is 1. The summed E-state index contributed by atoms with van der Waals surface area (Å²) >= 11 is 0. The fourth-order valence-electron chi connectivity index (χ4n) is 4.56. The van der Waals surface area contributed by atoms with Gasteiger partial charge in [0.25, 0.3) is 0 Å². The lowest BCUT2D eigenvalue weighted by Crippen LogP contribution is -2.55. The van der Waals surface area contributed by atoms with Crippen molar-refractivity contribution in [3.8, 4) is 0 Å². The molecule has 0 aromatic heterocycles. The van der Waals surface area contributed by atoms with Crippen molar-refractivity contribution in [2.24, 2.45) is 16.3 Å². The van der Waals surface area contributed by atoms with Crippen LogP contribution in [0.5, 0.6) is 0 Å². The van der Waals surface area contributed by atoms with Crippen LogP contribution in [0.1, 0.15) is 26.7 Å². The highest BCUT2D eigenvalue weighted by Gasteiger charge is 2.42. The van der Waals surface area contributed by atoms with Crippen LogP contribution < -0.4 is 5.32 Å². The highest BCUT2D eigenvalue weighted by atomic mass is 127. The minimum atomic E-state index is 0. The predicted octanol–water partition coefficient (Wildman–Crippen LogP) is 1.56. The van der Waals surface area contributed by atoms with E-state index in [0.29, 0.717) is 17.4 Å². The fourth-order valence-corrected chi connectivity index (χ4v) is 4.56. The molecule has 3 heterocycles. The number of piperazine rings is 1. The number of ether oxygens (including phenoxy) is 1. The van der Waals surface area contributed by atoms with Gasteiger partial charge in [-0.15, -0.1) is 24.0 Å². The predicted molar refractivity (Wildman–Crippen MR) is 119 cm³/mol. The van der Waals surface area contributed by atoms with Crippen molar-refractivity contribution in [3.05, 3.63) is 0 Å². The van der Waals surface area contributed by atoms with Crippen LogP contribution in [0, 0.1) is 11.3 Å². The Balaban J connectivity index is 0.00000243. The van der Waals surface area contributed by atoms with E-state index in [0.717, 1.165) is 38.8 Å². The summed E-state index contributed by atoms with van der Waals surface area (Å²) in [6, 6.07) is 0.567. The van der Waals surface area contributed by atoms with Gasteiger partial charge < -0.3 is 19.9 Å². The molecule has 0 aromatic rings. The van der Waals surface area contributed by atoms with Gasteiger partial charge in [0.15, 0.2) is 5.96 Å². The number of likely N-dealkylation sites (N-methyl/N-ethyl adjacent to an activating group) is 1. The van der Waals surface area contributed by atoms with Gasteiger partial charge in [0, 0.05) is 70.9 Å². The van der Waals surface area contributed by atoms with E-state index in [2.05, 4.69) is 45.9 Å². The summed E-state index contributed by atoms with van der Waals surface area (Å²) in [6.07, 6.45) is 2.44. The minimum Gasteiger partial charge on any atom is -0.381 e. The van der Waals surface area contributed by atoms with Crippen LogP contribution >= 0.6 is 24.0 Å². The number of hydrogen-bond donors (Lipinski definition) is 1. The number of likely N-dealkylation sites (tertiary alicyclic amines) is 1. The Hall–Kier alpha value is -0.120. The fraction of sp³-hybridized carbons (Fsp3) is 0.947. The molecule has 1 N–H and O–H groups in total. The molecule has 3 aliphatic heterocycles. The molecule has 7 heteroatoms. The molecule has 3 rings (SSSR count). The minimum absolute atomic E-state index is 0. The first-order valence-electron chi connectivity index (χ1n) is 9.99. The lowest BCUT2D eigenvalue weighted by Gasteiger charge is -2.40. The summed E-state index contributed by atoms with van der Waals surface area (Å²) in [5.74, 6) is 1.71. The van der Waals surface area contributed by atoms with Gasteiger partial charge in [-0.1, -0.05) is 13.8 Å². The van der Waals surface area contributed by atoms with Crippen LogP contribution in [0.4, 0.5) is 0 Å². The second-order valence-corrected chi connectivity index (χ2v) is 8.55. The maximum absolute atomic E-state index is 5.66. The van der Waals surface area contributed by atoms with Gasteiger partial charge >= 0.3 is 0 Å². The van der Waals surface area contributed by atoms with Gasteiger partial charge in [-0.3, -0.25) is 9.89 Å². The normalized spacial score (nSPS) is 29.4. The first-order valence-corrected chi connectivity index (χ1v) is 9.99. The number of hydrogen-bond acceptors (Lipinski definition) is 4. The Morgan fingerprint density at radius 3 is 2.46 bits per heavy atom. The monoisotopic (exact) mass is 479 g/mol. The number of aliphatic imine (C=N–C) groups is 1. The zero-order valence-corrected chi connectivity index (χ0v) is 19.4. The van der Waals surface area contributed by atoms with Crippen molar-refractivity contribution >= 4 is 29.9 Å². The lowest BCUT2D eigenvalue weighted by molar-refractivity contribution is 0.0896. The standard InChI is InChI=1S/C19H37N5O.HI/c1-16(2)17(23-10-8-22(4)9-11-23)13-21-18(20-3)24-7-5-19(14-24)6-12-25-15-19;/h16-17H,5-15H2,1-4H3,(H,20,21);1H. The van der Waals surface area contributed by atoms with Gasteiger partial charge in [-0.05, 0) is 25.8 Å². The second-order valence-electron chi connectivity index (χ2n) is 8.55. The van der Waals surface area contributed by atoms with Crippen LogP contribution in [0.15, 0.2) is 4.99 Å². The van der Waals surface area contributed by atoms with Crippen molar-refractivity contribution in [2.75, 3.05) is 73.1 Å². The van der Waals surface area contributed by atoms with E-state index in [-0.39, 0.29) is 24.0 Å². The molecule has 26 heavy (non-hydrogen) atoms. The van der Waals surface area contributed by atoms with E-state index in [9.17, 15) is 0 Å². The van der Waals surface area contributed by atoms with Gasteiger partial charge in [-0.25, -0.2) is 0 Å². The Labute approximate surface area is 176 Å². The smallest absolute Gasteiger partial charge is 0.193 e. The molecule has 0 aromatic carbocycles. The molecule has 0 saturated carbocycles. The van der Waals surface area contributed by atoms with Crippen molar-refractivity contribution < 1.29 is 4.74 Å². The average Bonchev–Trinajstić information content (AvgIpc) is 3.23. The third kappa shape index (κ3) is 5.23. The number of guanidine groups is 1. The number of halogens is 1. The molecule has 2 unspecified atom stereocenters. The van der Waals surface area contributed by atoms with Crippen LogP contribution in [-0.4, -0.2) is 99.8 Å². The van der Waals surface area contributed by atoms with Crippen molar-refractivity contribution in [2.45, 2.75) is 32.7 Å². The summed E-state index contributed by atoms with van der Waals surface area (Å²) in [5.41, 5.74) is 0.381. The van der Waals surface area contributed by atoms with Crippen LogP contribution in [0.25, 0.3) is 0 Å². The molecule has 0 radical (unpaired) electrons. The Morgan fingerprint density at radius 1 is 1.15 bits per heavy atom. The molecule has 0 amide bonds. The summed E-state index contributed by atoms with van der Waals surface area (Å²) in [4.78, 5) is 12.1. The molecule has 1 spiro atoms. The van der Waals surface area contributed by atoms with E-state index in [1.54, 1.807) is 0 Å². The Kier molecular flexibility index (Phi) is 8.43. The van der Waals surface area contributed by atoms with Gasteiger partial charge in [0.05, 0.1) is 6.61 Å². The molecular weight excluding hydrogens is 441 g/mol. The highest BCUT2D eigenvalue weighted by molar-refractivity contribution is 14.0. The first kappa shape index (κ1) is 22.2. The van der Waals surface area contributed by atoms with Gasteiger partial charge in [0.1, 0.15) is 0 Å². The third-order valence-electron chi connectivity index (χ3n) is 6.38. The molecule has 3 saturated heterocycles. The molecule has 6 nitrogen and oxygen atoms in total. The average molecular weight is 479 g/mol. The summed E-state index contributed by atoms with van der Waals surface area (Å²) in [6.45, 7) is 14.4. The van der Waals surface area contributed by atoms with Crippen molar-refractivity contribution in [1.82, 2.24) is 20.0 Å².